The molecule has 0 aromatic heterocycles. The second kappa shape index (κ2) is 4.96. The van der Waals surface area contributed by atoms with Crippen LogP contribution < -0.4 is 10.6 Å². The van der Waals surface area contributed by atoms with E-state index in [1.807, 2.05) is 6.07 Å². The fraction of sp³-hybridized carbons (Fsp3) is 0.294. The van der Waals surface area contributed by atoms with E-state index in [0.29, 0.717) is 5.92 Å². The molecule has 98 valence electrons. The average Bonchev–Trinajstić information content (AvgIpc) is 2.88. The molecular formula is C17H20N2. The third kappa shape index (κ3) is 2.58. The minimum Gasteiger partial charge on any atom is -0.399 e. The summed E-state index contributed by atoms with van der Waals surface area (Å²) in [5.41, 5.74) is 10.7. The van der Waals surface area contributed by atoms with E-state index in [-0.39, 0.29) is 0 Å². The summed E-state index contributed by atoms with van der Waals surface area (Å²) in [5, 5.41) is 0. The summed E-state index contributed by atoms with van der Waals surface area (Å²) >= 11 is 0. The third-order valence-electron chi connectivity index (χ3n) is 3.91. The Hall–Kier alpha value is -1.96. The van der Waals surface area contributed by atoms with E-state index in [2.05, 4.69) is 54.3 Å². The number of nitrogens with zero attached hydrogens (tertiary/aromatic N) is 1. The molecule has 1 heterocycles. The Morgan fingerprint density at radius 3 is 2.63 bits per heavy atom. The molecule has 0 saturated carbocycles. The van der Waals surface area contributed by atoms with E-state index in [9.17, 15) is 0 Å². The van der Waals surface area contributed by atoms with Gasteiger partial charge in [0.05, 0.1) is 0 Å². The highest BCUT2D eigenvalue weighted by Crippen LogP contribution is 2.31. The fourth-order valence-electron chi connectivity index (χ4n) is 2.97. The van der Waals surface area contributed by atoms with Gasteiger partial charge in [-0.05, 0) is 42.7 Å². The van der Waals surface area contributed by atoms with Crippen LogP contribution in [-0.4, -0.2) is 13.1 Å². The molecular weight excluding hydrogens is 232 g/mol. The highest BCUT2D eigenvalue weighted by Gasteiger charge is 2.24. The lowest BCUT2D eigenvalue weighted by Crippen LogP contribution is -2.19. The number of nitrogen functional groups attached to an aromatic ring is 1. The third-order valence-corrected chi connectivity index (χ3v) is 3.91. The van der Waals surface area contributed by atoms with Gasteiger partial charge in [0, 0.05) is 30.4 Å². The molecule has 2 N–H and O–H groups in total. The largest absolute Gasteiger partial charge is 0.399 e. The predicted molar refractivity (Wildman–Crippen MR) is 81.6 cm³/mol. The molecule has 1 aliphatic rings. The van der Waals surface area contributed by atoms with Crippen molar-refractivity contribution in [3.8, 4) is 0 Å². The van der Waals surface area contributed by atoms with E-state index in [1.165, 1.54) is 23.2 Å². The molecule has 2 aromatic carbocycles. The zero-order valence-corrected chi connectivity index (χ0v) is 11.3. The molecule has 0 bridgehead atoms. The van der Waals surface area contributed by atoms with Crippen molar-refractivity contribution >= 4 is 11.4 Å². The number of anilines is 2. The number of rotatable bonds is 2. The number of aryl methyl sites for hydroxylation is 1. The second-order valence-corrected chi connectivity index (χ2v) is 5.44. The summed E-state index contributed by atoms with van der Waals surface area (Å²) in [4.78, 5) is 2.45. The average molecular weight is 252 g/mol. The van der Waals surface area contributed by atoms with Crippen molar-refractivity contribution < 1.29 is 0 Å². The summed E-state index contributed by atoms with van der Waals surface area (Å²) in [6.07, 6.45) is 1.22. The molecule has 1 aliphatic heterocycles. The normalized spacial score (nSPS) is 18.8. The molecule has 1 saturated heterocycles. The molecule has 0 radical (unpaired) electrons. The molecule has 1 fully saturated rings. The van der Waals surface area contributed by atoms with E-state index in [4.69, 9.17) is 5.73 Å². The van der Waals surface area contributed by atoms with E-state index < -0.39 is 0 Å². The molecule has 2 nitrogen and oxygen atoms in total. The Kier molecular flexibility index (Phi) is 3.16. The van der Waals surface area contributed by atoms with Crippen LogP contribution in [0.3, 0.4) is 0 Å². The zero-order chi connectivity index (χ0) is 13.2. The molecule has 2 aromatic rings. The van der Waals surface area contributed by atoms with Crippen molar-refractivity contribution in [2.75, 3.05) is 23.7 Å². The maximum absolute atomic E-state index is 5.95. The lowest BCUT2D eigenvalue weighted by Gasteiger charge is -2.20. The Morgan fingerprint density at radius 1 is 1.11 bits per heavy atom. The highest BCUT2D eigenvalue weighted by molar-refractivity contribution is 5.59. The van der Waals surface area contributed by atoms with Crippen molar-refractivity contribution in [3.63, 3.8) is 0 Å². The summed E-state index contributed by atoms with van der Waals surface area (Å²) in [6.45, 7) is 4.31. The van der Waals surface area contributed by atoms with Gasteiger partial charge in [0.2, 0.25) is 0 Å². The molecule has 1 unspecified atom stereocenters. The lowest BCUT2D eigenvalue weighted by atomic mass is 9.99. The molecule has 0 aliphatic carbocycles. The minimum absolute atomic E-state index is 0.642. The van der Waals surface area contributed by atoms with Crippen molar-refractivity contribution in [1.82, 2.24) is 0 Å². The van der Waals surface area contributed by atoms with Gasteiger partial charge in [0.1, 0.15) is 0 Å². The van der Waals surface area contributed by atoms with Crippen LogP contribution in [-0.2, 0) is 0 Å². The Bertz CT molecular complexity index is 542. The maximum atomic E-state index is 5.95. The second-order valence-electron chi connectivity index (χ2n) is 5.44. The monoisotopic (exact) mass is 252 g/mol. The first-order valence-electron chi connectivity index (χ1n) is 6.89. The van der Waals surface area contributed by atoms with Crippen LogP contribution in [0.15, 0.2) is 48.5 Å². The SMILES string of the molecule is Cc1cc(N)cc(N2CCC(c3ccccc3)C2)c1. The van der Waals surface area contributed by atoms with Gasteiger partial charge in [-0.15, -0.1) is 0 Å². The first-order valence-corrected chi connectivity index (χ1v) is 6.89. The number of hydrogen-bond acceptors (Lipinski definition) is 2. The first-order chi connectivity index (χ1) is 9.22. The predicted octanol–water partition coefficient (Wildman–Crippen LogP) is 3.57. The maximum Gasteiger partial charge on any atom is 0.0389 e. The quantitative estimate of drug-likeness (QED) is 0.828. The van der Waals surface area contributed by atoms with Gasteiger partial charge in [-0.25, -0.2) is 0 Å². The standard InChI is InChI=1S/C17H20N2/c1-13-9-16(18)11-17(10-13)19-8-7-15(12-19)14-5-3-2-4-6-14/h2-6,9-11,15H,7-8,12,18H2,1H3. The van der Waals surface area contributed by atoms with E-state index in [1.54, 1.807) is 0 Å². The van der Waals surface area contributed by atoms with Gasteiger partial charge in [-0.1, -0.05) is 30.3 Å². The van der Waals surface area contributed by atoms with Crippen molar-refractivity contribution in [1.29, 1.82) is 0 Å². The molecule has 0 spiro atoms. The van der Waals surface area contributed by atoms with Crippen molar-refractivity contribution in [2.24, 2.45) is 0 Å². The fourth-order valence-corrected chi connectivity index (χ4v) is 2.97. The Balaban J connectivity index is 1.79. The molecule has 0 amide bonds. The summed E-state index contributed by atoms with van der Waals surface area (Å²) in [6, 6.07) is 17.1. The van der Waals surface area contributed by atoms with Crippen LogP contribution >= 0.6 is 0 Å². The van der Waals surface area contributed by atoms with Gasteiger partial charge in [-0.2, -0.15) is 0 Å². The van der Waals surface area contributed by atoms with Crippen LogP contribution in [0, 0.1) is 6.92 Å². The summed E-state index contributed by atoms with van der Waals surface area (Å²) in [5.74, 6) is 0.642. The highest BCUT2D eigenvalue weighted by atomic mass is 15.1. The van der Waals surface area contributed by atoms with Crippen LogP contribution in [0.5, 0.6) is 0 Å². The topological polar surface area (TPSA) is 29.3 Å². The first kappa shape index (κ1) is 12.1. The van der Waals surface area contributed by atoms with Crippen LogP contribution in [0.2, 0.25) is 0 Å². The summed E-state index contributed by atoms with van der Waals surface area (Å²) in [7, 11) is 0. The Labute approximate surface area is 114 Å². The van der Waals surface area contributed by atoms with Crippen molar-refractivity contribution in [2.45, 2.75) is 19.3 Å². The number of benzene rings is 2. The Morgan fingerprint density at radius 2 is 1.89 bits per heavy atom. The smallest absolute Gasteiger partial charge is 0.0389 e. The van der Waals surface area contributed by atoms with Crippen LogP contribution in [0.1, 0.15) is 23.5 Å². The van der Waals surface area contributed by atoms with Gasteiger partial charge < -0.3 is 10.6 Å². The van der Waals surface area contributed by atoms with E-state index in [0.717, 1.165) is 18.8 Å². The molecule has 19 heavy (non-hydrogen) atoms. The molecule has 2 heteroatoms. The van der Waals surface area contributed by atoms with Crippen molar-refractivity contribution in [3.05, 3.63) is 59.7 Å². The van der Waals surface area contributed by atoms with Gasteiger partial charge in [0.15, 0.2) is 0 Å². The summed E-state index contributed by atoms with van der Waals surface area (Å²) < 4.78 is 0. The molecule has 3 rings (SSSR count). The zero-order valence-electron chi connectivity index (χ0n) is 11.3. The lowest BCUT2D eigenvalue weighted by molar-refractivity contribution is 0.775. The number of nitrogens with two attached hydrogens (primary N) is 1. The molecule has 1 atom stereocenters. The van der Waals surface area contributed by atoms with Gasteiger partial charge in [0.25, 0.3) is 0 Å². The van der Waals surface area contributed by atoms with Gasteiger partial charge >= 0.3 is 0 Å². The van der Waals surface area contributed by atoms with Crippen LogP contribution in [0.25, 0.3) is 0 Å². The minimum atomic E-state index is 0.642. The number of hydrogen-bond donors (Lipinski definition) is 1. The van der Waals surface area contributed by atoms with Crippen LogP contribution in [0.4, 0.5) is 11.4 Å². The van der Waals surface area contributed by atoms with E-state index >= 15 is 0 Å². The van der Waals surface area contributed by atoms with Gasteiger partial charge in [-0.3, -0.25) is 0 Å².